The number of nitrogens with one attached hydrogen (secondary N) is 1. The predicted octanol–water partition coefficient (Wildman–Crippen LogP) is 3.40. The molecule has 108 valence electrons. The predicted molar refractivity (Wildman–Crippen MR) is 80.6 cm³/mol. The number of nitrogens with zero attached hydrogens (tertiary/aromatic N) is 2. The summed E-state index contributed by atoms with van der Waals surface area (Å²) in [4.78, 5) is 0. The van der Waals surface area contributed by atoms with Gasteiger partial charge in [0.15, 0.2) is 0 Å². The highest BCUT2D eigenvalue weighted by atomic mass is 15.3. The van der Waals surface area contributed by atoms with E-state index in [0.29, 0.717) is 17.4 Å². The lowest BCUT2D eigenvalue weighted by atomic mass is 9.56. The van der Waals surface area contributed by atoms with Crippen LogP contribution in [0.4, 0.5) is 0 Å². The second-order valence-corrected chi connectivity index (χ2v) is 6.52. The fraction of sp³-hybridized carbons (Fsp3) is 0.812. The number of aromatic nitrogens is 2. The van der Waals surface area contributed by atoms with Crippen LogP contribution in [-0.2, 0) is 6.54 Å². The van der Waals surface area contributed by atoms with Crippen molar-refractivity contribution in [2.24, 2.45) is 5.41 Å². The largest absolute Gasteiger partial charge is 0.313 e. The lowest BCUT2D eigenvalue weighted by molar-refractivity contribution is 0.0686. The van der Waals surface area contributed by atoms with Gasteiger partial charge in [-0.1, -0.05) is 20.8 Å². The summed E-state index contributed by atoms with van der Waals surface area (Å²) in [6, 6.07) is 0.654. The SMILES string of the molecule is CCCNC1CC(c2c(C)nn(CC)c2C)C1(C)C. The second-order valence-electron chi connectivity index (χ2n) is 6.52. The molecule has 3 heteroatoms. The zero-order valence-corrected chi connectivity index (χ0v) is 13.4. The summed E-state index contributed by atoms with van der Waals surface area (Å²) < 4.78 is 2.15. The average molecular weight is 263 g/mol. The van der Waals surface area contributed by atoms with Gasteiger partial charge in [-0.05, 0) is 57.1 Å². The summed E-state index contributed by atoms with van der Waals surface area (Å²) in [6.07, 6.45) is 2.47. The third-order valence-electron chi connectivity index (χ3n) is 4.99. The van der Waals surface area contributed by atoms with E-state index in [-0.39, 0.29) is 0 Å². The maximum absolute atomic E-state index is 4.68. The van der Waals surface area contributed by atoms with E-state index in [4.69, 9.17) is 0 Å². The molecule has 1 fully saturated rings. The first kappa shape index (κ1) is 14.6. The van der Waals surface area contributed by atoms with Gasteiger partial charge in [-0.25, -0.2) is 0 Å². The van der Waals surface area contributed by atoms with E-state index >= 15 is 0 Å². The molecule has 0 bridgehead atoms. The van der Waals surface area contributed by atoms with Crippen LogP contribution in [0.15, 0.2) is 0 Å². The molecule has 1 aliphatic carbocycles. The van der Waals surface area contributed by atoms with Gasteiger partial charge in [0.05, 0.1) is 5.69 Å². The molecule has 1 aromatic rings. The Morgan fingerprint density at radius 1 is 1.32 bits per heavy atom. The highest BCUT2D eigenvalue weighted by Gasteiger charge is 2.49. The Bertz CT molecular complexity index is 445. The molecule has 1 aromatic heterocycles. The minimum atomic E-state index is 0.340. The molecule has 0 aromatic carbocycles. The Morgan fingerprint density at radius 2 is 2.00 bits per heavy atom. The van der Waals surface area contributed by atoms with E-state index in [2.05, 4.69) is 56.6 Å². The lowest BCUT2D eigenvalue weighted by Gasteiger charge is -2.53. The molecule has 2 rings (SSSR count). The van der Waals surface area contributed by atoms with Crippen LogP contribution in [0.2, 0.25) is 0 Å². The van der Waals surface area contributed by atoms with Crippen molar-refractivity contribution >= 4 is 0 Å². The van der Waals surface area contributed by atoms with Gasteiger partial charge in [0, 0.05) is 18.3 Å². The van der Waals surface area contributed by atoms with Crippen LogP contribution in [0.1, 0.15) is 63.4 Å². The van der Waals surface area contributed by atoms with E-state index < -0.39 is 0 Å². The quantitative estimate of drug-likeness (QED) is 0.882. The van der Waals surface area contributed by atoms with Gasteiger partial charge in [0.2, 0.25) is 0 Å². The van der Waals surface area contributed by atoms with E-state index in [1.807, 2.05) is 0 Å². The fourth-order valence-corrected chi connectivity index (χ4v) is 3.60. The molecule has 1 heterocycles. The summed E-state index contributed by atoms with van der Waals surface area (Å²) in [5, 5.41) is 8.37. The van der Waals surface area contributed by atoms with Crippen LogP contribution in [0.3, 0.4) is 0 Å². The normalized spacial score (nSPS) is 25.4. The van der Waals surface area contributed by atoms with Gasteiger partial charge in [0.25, 0.3) is 0 Å². The molecule has 0 radical (unpaired) electrons. The topological polar surface area (TPSA) is 29.9 Å². The minimum absolute atomic E-state index is 0.340. The Balaban J connectivity index is 2.19. The van der Waals surface area contributed by atoms with Gasteiger partial charge in [-0.15, -0.1) is 0 Å². The van der Waals surface area contributed by atoms with Crippen molar-refractivity contribution in [2.45, 2.75) is 72.9 Å². The molecule has 1 aliphatic rings. The van der Waals surface area contributed by atoms with Gasteiger partial charge >= 0.3 is 0 Å². The summed E-state index contributed by atoms with van der Waals surface area (Å²) >= 11 is 0. The van der Waals surface area contributed by atoms with Crippen LogP contribution >= 0.6 is 0 Å². The maximum atomic E-state index is 4.68. The van der Waals surface area contributed by atoms with E-state index in [9.17, 15) is 0 Å². The number of hydrogen-bond acceptors (Lipinski definition) is 2. The summed E-state index contributed by atoms with van der Waals surface area (Å²) in [5.41, 5.74) is 4.44. The van der Waals surface area contributed by atoms with E-state index in [0.717, 1.165) is 13.1 Å². The first-order valence-electron chi connectivity index (χ1n) is 7.70. The van der Waals surface area contributed by atoms with Crippen molar-refractivity contribution in [1.29, 1.82) is 0 Å². The zero-order valence-electron chi connectivity index (χ0n) is 13.4. The van der Waals surface area contributed by atoms with Crippen molar-refractivity contribution in [1.82, 2.24) is 15.1 Å². The fourth-order valence-electron chi connectivity index (χ4n) is 3.60. The van der Waals surface area contributed by atoms with Crippen LogP contribution in [0, 0.1) is 19.3 Å². The summed E-state index contributed by atoms with van der Waals surface area (Å²) in [6.45, 7) is 15.7. The second kappa shape index (κ2) is 5.28. The van der Waals surface area contributed by atoms with Crippen LogP contribution in [0.5, 0.6) is 0 Å². The monoisotopic (exact) mass is 263 g/mol. The van der Waals surface area contributed by atoms with Crippen molar-refractivity contribution in [3.63, 3.8) is 0 Å². The third-order valence-corrected chi connectivity index (χ3v) is 4.99. The highest BCUT2D eigenvalue weighted by molar-refractivity contribution is 5.34. The van der Waals surface area contributed by atoms with Crippen molar-refractivity contribution < 1.29 is 0 Å². The van der Waals surface area contributed by atoms with Crippen molar-refractivity contribution in [3.8, 4) is 0 Å². The minimum Gasteiger partial charge on any atom is -0.313 e. The zero-order chi connectivity index (χ0) is 14.2. The molecule has 0 spiro atoms. The van der Waals surface area contributed by atoms with Crippen LogP contribution in [0.25, 0.3) is 0 Å². The molecular formula is C16H29N3. The van der Waals surface area contributed by atoms with Gasteiger partial charge < -0.3 is 5.32 Å². The third kappa shape index (κ3) is 2.33. The van der Waals surface area contributed by atoms with Gasteiger partial charge in [0.1, 0.15) is 0 Å². The maximum Gasteiger partial charge on any atom is 0.0631 e. The summed E-state index contributed by atoms with van der Waals surface area (Å²) in [5.74, 6) is 0.655. The van der Waals surface area contributed by atoms with Gasteiger partial charge in [-0.3, -0.25) is 4.68 Å². The van der Waals surface area contributed by atoms with E-state index in [1.165, 1.54) is 29.8 Å². The average Bonchev–Trinajstić information content (AvgIpc) is 2.64. The van der Waals surface area contributed by atoms with Crippen molar-refractivity contribution in [3.05, 3.63) is 17.0 Å². The molecule has 0 aliphatic heterocycles. The Morgan fingerprint density at radius 3 is 2.47 bits per heavy atom. The number of aryl methyl sites for hydroxylation is 2. The molecule has 0 saturated heterocycles. The van der Waals surface area contributed by atoms with Crippen LogP contribution < -0.4 is 5.32 Å². The number of rotatable bonds is 5. The first-order chi connectivity index (χ1) is 8.93. The molecule has 3 nitrogen and oxygen atoms in total. The van der Waals surface area contributed by atoms with E-state index in [1.54, 1.807) is 0 Å². The lowest BCUT2D eigenvalue weighted by Crippen LogP contribution is -2.55. The molecular weight excluding hydrogens is 234 g/mol. The number of hydrogen-bond donors (Lipinski definition) is 1. The van der Waals surface area contributed by atoms with Crippen molar-refractivity contribution in [2.75, 3.05) is 6.54 Å². The Hall–Kier alpha value is -0.830. The standard InChI is InChI=1S/C16H29N3/c1-7-9-17-14-10-13(16(14,5)6)15-11(3)18-19(8-2)12(15)4/h13-14,17H,7-10H2,1-6H3. The molecule has 19 heavy (non-hydrogen) atoms. The smallest absolute Gasteiger partial charge is 0.0631 e. The molecule has 1 saturated carbocycles. The molecule has 2 unspecified atom stereocenters. The Labute approximate surface area is 117 Å². The Kier molecular flexibility index (Phi) is 4.05. The molecule has 2 atom stereocenters. The van der Waals surface area contributed by atoms with Gasteiger partial charge in [-0.2, -0.15) is 5.10 Å². The van der Waals surface area contributed by atoms with Crippen LogP contribution in [-0.4, -0.2) is 22.4 Å². The molecule has 1 N–H and O–H groups in total. The highest BCUT2D eigenvalue weighted by Crippen LogP contribution is 2.53. The first-order valence-corrected chi connectivity index (χ1v) is 7.70. The molecule has 0 amide bonds. The summed E-state index contributed by atoms with van der Waals surface area (Å²) in [7, 11) is 0.